The Morgan fingerprint density at radius 2 is 0.769 bits per heavy atom. The molecule has 0 aliphatic heterocycles. The summed E-state index contributed by atoms with van der Waals surface area (Å²) >= 11 is 0. The predicted octanol–water partition coefficient (Wildman–Crippen LogP) is 8.22. The van der Waals surface area contributed by atoms with Gasteiger partial charge in [0, 0.05) is 19.3 Å². The Morgan fingerprint density at radius 3 is 1.13 bits per heavy atom. The number of allylic oxidation sites excluding steroid dienone is 2. The largest absolute Gasteiger partial charge is 0.481 e. The van der Waals surface area contributed by atoms with Crippen LogP contribution in [-0.2, 0) is 14.4 Å². The van der Waals surface area contributed by atoms with Crippen LogP contribution in [0.2, 0.25) is 0 Å². The van der Waals surface area contributed by atoms with Crippen molar-refractivity contribution in [3.63, 3.8) is 0 Å². The van der Waals surface area contributed by atoms with E-state index in [1.165, 1.54) is 89.9 Å². The zero-order valence-corrected chi connectivity index (χ0v) is 25.1. The Labute approximate surface area is 238 Å². The summed E-state index contributed by atoms with van der Waals surface area (Å²) in [4.78, 5) is 33.2. The monoisotopic (exact) mass is 554 g/mol. The molecule has 0 saturated carbocycles. The number of carbonyl (C=O) groups is 3. The predicted molar refractivity (Wildman–Crippen MR) is 159 cm³/mol. The lowest BCUT2D eigenvalue weighted by molar-refractivity contribution is -0.929. The average Bonchev–Trinajstić information content (AvgIpc) is 2.87. The maximum atomic E-state index is 11.1. The van der Waals surface area contributed by atoms with Gasteiger partial charge in [-0.05, 0) is 38.5 Å². The summed E-state index contributed by atoms with van der Waals surface area (Å²) in [5.41, 5.74) is 0. The van der Waals surface area contributed by atoms with E-state index in [9.17, 15) is 14.4 Å². The van der Waals surface area contributed by atoms with Crippen molar-refractivity contribution in [1.29, 1.82) is 0 Å². The van der Waals surface area contributed by atoms with Gasteiger partial charge >= 0.3 is 17.9 Å². The molecule has 0 aromatic carbocycles. The van der Waals surface area contributed by atoms with E-state index < -0.39 is 17.9 Å². The minimum Gasteiger partial charge on any atom is -0.481 e. The van der Waals surface area contributed by atoms with Gasteiger partial charge in [-0.2, -0.15) is 0 Å². The fourth-order valence-electron chi connectivity index (χ4n) is 5.42. The molecule has 0 bridgehead atoms. The number of rotatable bonds is 30. The Kier molecular flexibility index (Phi) is 25.1. The minimum absolute atomic E-state index is 0.0913. The van der Waals surface area contributed by atoms with Gasteiger partial charge in [0.2, 0.25) is 0 Å². The van der Waals surface area contributed by atoms with Crippen molar-refractivity contribution in [2.24, 2.45) is 0 Å². The molecule has 0 unspecified atom stereocenters. The topological polar surface area (TPSA) is 112 Å². The van der Waals surface area contributed by atoms with E-state index in [0.717, 1.165) is 19.4 Å². The first-order chi connectivity index (χ1) is 18.8. The van der Waals surface area contributed by atoms with Crippen LogP contribution in [0.4, 0.5) is 0 Å². The van der Waals surface area contributed by atoms with Crippen LogP contribution < -0.4 is 0 Å². The summed E-state index contributed by atoms with van der Waals surface area (Å²) in [7, 11) is 0. The van der Waals surface area contributed by atoms with E-state index in [2.05, 4.69) is 19.1 Å². The normalized spacial score (nSPS) is 11.8. The molecule has 0 aromatic rings. The fourth-order valence-corrected chi connectivity index (χ4v) is 5.42. The van der Waals surface area contributed by atoms with Gasteiger partial charge < -0.3 is 19.8 Å². The molecule has 0 fully saturated rings. The van der Waals surface area contributed by atoms with E-state index in [0.29, 0.717) is 43.4 Å². The van der Waals surface area contributed by atoms with Gasteiger partial charge in [-0.1, -0.05) is 83.3 Å². The maximum absolute atomic E-state index is 11.1. The molecular weight excluding hydrogens is 494 g/mol. The number of hydrogen-bond acceptors (Lipinski definition) is 3. The van der Waals surface area contributed by atoms with Crippen molar-refractivity contribution in [1.82, 2.24) is 0 Å². The van der Waals surface area contributed by atoms with Crippen molar-refractivity contribution in [2.45, 2.75) is 148 Å². The van der Waals surface area contributed by atoms with Crippen molar-refractivity contribution in [2.75, 3.05) is 26.2 Å². The van der Waals surface area contributed by atoms with Crippen LogP contribution in [0, 0.1) is 0 Å². The van der Waals surface area contributed by atoms with Crippen LogP contribution in [0.5, 0.6) is 0 Å². The second kappa shape index (κ2) is 26.3. The first kappa shape index (κ1) is 37.1. The van der Waals surface area contributed by atoms with Crippen LogP contribution in [0.3, 0.4) is 0 Å². The third-order valence-electron chi connectivity index (χ3n) is 7.71. The molecule has 7 nitrogen and oxygen atoms in total. The molecule has 0 rings (SSSR count). The summed E-state index contributed by atoms with van der Waals surface area (Å²) in [5.74, 6) is -2.47. The lowest BCUT2D eigenvalue weighted by atomic mass is 10.0. The molecule has 3 N–H and O–H groups in total. The molecule has 0 atom stereocenters. The van der Waals surface area contributed by atoms with Crippen LogP contribution in [-0.4, -0.2) is 63.9 Å². The first-order valence-electron chi connectivity index (χ1n) is 16.0. The van der Waals surface area contributed by atoms with E-state index >= 15 is 0 Å². The maximum Gasteiger partial charge on any atom is 0.303 e. The Hall–Kier alpha value is -1.89. The van der Waals surface area contributed by atoms with Gasteiger partial charge in [-0.15, -0.1) is 0 Å². The smallest absolute Gasteiger partial charge is 0.303 e. The zero-order chi connectivity index (χ0) is 29.0. The van der Waals surface area contributed by atoms with Crippen LogP contribution in [0.15, 0.2) is 12.2 Å². The molecule has 0 spiro atoms. The zero-order valence-electron chi connectivity index (χ0n) is 25.1. The Morgan fingerprint density at radius 1 is 0.462 bits per heavy atom. The average molecular weight is 555 g/mol. The second-order valence-electron chi connectivity index (χ2n) is 11.4. The molecular formula is C32H60NO6+. The Balaban J connectivity index is 4.17. The van der Waals surface area contributed by atoms with Gasteiger partial charge in [0.25, 0.3) is 0 Å². The highest BCUT2D eigenvalue weighted by molar-refractivity contribution is 5.67. The molecule has 228 valence electrons. The van der Waals surface area contributed by atoms with Crippen molar-refractivity contribution < 1.29 is 34.2 Å². The first-order valence-corrected chi connectivity index (χ1v) is 16.0. The lowest BCUT2D eigenvalue weighted by Crippen LogP contribution is -2.51. The van der Waals surface area contributed by atoms with Crippen molar-refractivity contribution >= 4 is 17.9 Å². The lowest BCUT2D eigenvalue weighted by Gasteiger charge is -2.39. The summed E-state index contributed by atoms with van der Waals surface area (Å²) in [6.07, 6.45) is 26.8. The van der Waals surface area contributed by atoms with Crippen molar-refractivity contribution in [3.8, 4) is 0 Å². The fraction of sp³-hybridized carbons (Fsp3) is 0.844. The molecule has 0 aliphatic carbocycles. The summed E-state index contributed by atoms with van der Waals surface area (Å²) in [6, 6.07) is 0. The minimum atomic E-state index is -0.825. The van der Waals surface area contributed by atoms with E-state index in [1.807, 2.05) is 0 Å². The number of carboxylic acids is 3. The van der Waals surface area contributed by atoms with Gasteiger partial charge in [-0.3, -0.25) is 14.4 Å². The van der Waals surface area contributed by atoms with E-state index in [4.69, 9.17) is 15.3 Å². The quantitative estimate of drug-likeness (QED) is 0.0468. The molecule has 0 aromatic heterocycles. The number of unbranched alkanes of at least 4 members (excludes halogenated alkanes) is 14. The highest BCUT2D eigenvalue weighted by atomic mass is 16.4. The molecule has 0 heterocycles. The number of carboxylic acid groups (broad SMARTS) is 3. The van der Waals surface area contributed by atoms with Crippen LogP contribution in [0.25, 0.3) is 0 Å². The molecule has 0 aliphatic rings. The number of nitrogens with zero attached hydrogens (tertiary/aromatic N) is 1. The molecule has 0 radical (unpaired) electrons. The van der Waals surface area contributed by atoms with Gasteiger partial charge in [-0.25, -0.2) is 0 Å². The van der Waals surface area contributed by atoms with Crippen molar-refractivity contribution in [3.05, 3.63) is 12.2 Å². The summed E-state index contributed by atoms with van der Waals surface area (Å²) in [6.45, 7) is 5.12. The number of aliphatic carboxylic acids is 3. The molecule has 0 saturated heterocycles. The molecule has 39 heavy (non-hydrogen) atoms. The van der Waals surface area contributed by atoms with Crippen LogP contribution in [0.1, 0.15) is 148 Å². The number of hydrogen-bond donors (Lipinski definition) is 3. The summed E-state index contributed by atoms with van der Waals surface area (Å²) in [5, 5.41) is 27.2. The standard InChI is InChI=1S/C32H59NO6/c1-2-3-4-5-6-7-8-9-10-11-12-13-14-15-16-17-18-19-26-33(27-20-23-30(34)35,28-21-24-31(36)37)29-22-25-32(38)39/h6-7H,2-5,8-29H2,1H3,(H2-,34,35,36,37,38,39)/p+1/b7-6+. The van der Waals surface area contributed by atoms with Gasteiger partial charge in [0.1, 0.15) is 0 Å². The van der Waals surface area contributed by atoms with Gasteiger partial charge in [0.15, 0.2) is 0 Å². The molecule has 7 heteroatoms. The highest BCUT2D eigenvalue weighted by Gasteiger charge is 2.27. The molecule has 0 amide bonds. The SMILES string of the molecule is CCCCC/C=C/CCCCCCCCCCCCC[N+](CCCC(=O)O)(CCCC(=O)O)CCCC(=O)O. The third-order valence-corrected chi connectivity index (χ3v) is 7.71. The third kappa shape index (κ3) is 26.1. The van der Waals surface area contributed by atoms with E-state index in [1.54, 1.807) is 0 Å². The highest BCUT2D eigenvalue weighted by Crippen LogP contribution is 2.19. The number of quaternary nitrogens is 1. The van der Waals surface area contributed by atoms with Gasteiger partial charge in [0.05, 0.1) is 45.4 Å². The Bertz CT molecular complexity index is 598. The second-order valence-corrected chi connectivity index (χ2v) is 11.4. The van der Waals surface area contributed by atoms with E-state index in [-0.39, 0.29) is 19.3 Å². The summed E-state index contributed by atoms with van der Waals surface area (Å²) < 4.78 is 0.641. The van der Waals surface area contributed by atoms with Crippen LogP contribution >= 0.6 is 0 Å².